The third kappa shape index (κ3) is 5.91. The van der Waals surface area contributed by atoms with Crippen LogP contribution in [0.15, 0.2) is 0 Å². The number of hydrogen-bond donors (Lipinski definition) is 1. The first-order valence-electron chi connectivity index (χ1n) is 7.70. The van der Waals surface area contributed by atoms with Crippen LogP contribution in [0.25, 0.3) is 0 Å². The maximum absolute atomic E-state index is 11.5. The molecule has 0 aromatic heterocycles. The van der Waals surface area contributed by atoms with Gasteiger partial charge in [-0.3, -0.25) is 4.79 Å². The Labute approximate surface area is 118 Å². The fourth-order valence-electron chi connectivity index (χ4n) is 2.75. The number of likely N-dealkylation sites (tertiary alicyclic amines) is 1. The molecular formula is C15H31N3O. The number of piperidine rings is 1. The summed E-state index contributed by atoms with van der Waals surface area (Å²) >= 11 is 0. The van der Waals surface area contributed by atoms with Crippen molar-refractivity contribution in [1.29, 1.82) is 0 Å². The topological polar surface area (TPSA) is 35.6 Å². The fourth-order valence-corrected chi connectivity index (χ4v) is 2.75. The van der Waals surface area contributed by atoms with Gasteiger partial charge in [0.15, 0.2) is 0 Å². The molecule has 0 saturated carbocycles. The van der Waals surface area contributed by atoms with Crippen molar-refractivity contribution in [2.24, 2.45) is 5.92 Å². The van der Waals surface area contributed by atoms with Crippen LogP contribution in [0.4, 0.5) is 0 Å². The van der Waals surface area contributed by atoms with E-state index in [-0.39, 0.29) is 5.91 Å². The molecule has 2 unspecified atom stereocenters. The molecule has 1 aliphatic heterocycles. The summed E-state index contributed by atoms with van der Waals surface area (Å²) in [4.78, 5) is 15.7. The minimum atomic E-state index is 0.243. The molecule has 4 heteroatoms. The molecule has 1 fully saturated rings. The van der Waals surface area contributed by atoms with Crippen LogP contribution in [0.5, 0.6) is 0 Å². The summed E-state index contributed by atoms with van der Waals surface area (Å²) in [6.45, 7) is 9.08. The normalized spacial score (nSPS) is 24.4. The second-order valence-electron chi connectivity index (χ2n) is 6.02. The number of nitrogens with one attached hydrogen (secondary N) is 1. The summed E-state index contributed by atoms with van der Waals surface area (Å²) in [6.07, 6.45) is 4.11. The lowest BCUT2D eigenvalue weighted by molar-refractivity contribution is -0.128. The van der Waals surface area contributed by atoms with Crippen molar-refractivity contribution in [3.63, 3.8) is 0 Å². The number of amides is 1. The van der Waals surface area contributed by atoms with Crippen LogP contribution in [0, 0.1) is 5.92 Å². The number of hydrogen-bond acceptors (Lipinski definition) is 3. The van der Waals surface area contributed by atoms with Gasteiger partial charge in [0.05, 0.1) is 0 Å². The lowest BCUT2D eigenvalue weighted by atomic mass is 9.93. The molecule has 1 N–H and O–H groups in total. The van der Waals surface area contributed by atoms with Crippen molar-refractivity contribution in [3.05, 3.63) is 0 Å². The van der Waals surface area contributed by atoms with Crippen LogP contribution in [-0.2, 0) is 4.79 Å². The summed E-state index contributed by atoms with van der Waals surface area (Å²) < 4.78 is 0. The van der Waals surface area contributed by atoms with E-state index < -0.39 is 0 Å². The van der Waals surface area contributed by atoms with Gasteiger partial charge < -0.3 is 15.1 Å². The molecule has 1 rings (SSSR count). The first-order valence-corrected chi connectivity index (χ1v) is 7.70. The minimum absolute atomic E-state index is 0.243. The van der Waals surface area contributed by atoms with Crippen LogP contribution in [0.1, 0.15) is 39.5 Å². The summed E-state index contributed by atoms with van der Waals surface area (Å²) in [5.41, 5.74) is 0. The van der Waals surface area contributed by atoms with E-state index in [2.05, 4.69) is 24.1 Å². The summed E-state index contributed by atoms with van der Waals surface area (Å²) in [5.74, 6) is 0.956. The van der Waals surface area contributed by atoms with E-state index in [4.69, 9.17) is 0 Å². The van der Waals surface area contributed by atoms with Crippen molar-refractivity contribution in [1.82, 2.24) is 15.1 Å². The van der Waals surface area contributed by atoms with Crippen LogP contribution in [0.3, 0.4) is 0 Å². The molecule has 1 aliphatic rings. The van der Waals surface area contributed by atoms with E-state index in [1.807, 2.05) is 14.1 Å². The molecule has 4 nitrogen and oxygen atoms in total. The first-order chi connectivity index (χ1) is 9.04. The van der Waals surface area contributed by atoms with Gasteiger partial charge in [-0.05, 0) is 44.8 Å². The zero-order valence-corrected chi connectivity index (χ0v) is 13.1. The Morgan fingerprint density at radius 3 is 2.74 bits per heavy atom. The second kappa shape index (κ2) is 8.54. The Kier molecular flexibility index (Phi) is 7.39. The lowest BCUT2D eigenvalue weighted by Crippen LogP contribution is -2.48. The van der Waals surface area contributed by atoms with Gasteiger partial charge in [0.25, 0.3) is 0 Å². The highest BCUT2D eigenvalue weighted by Gasteiger charge is 2.25. The van der Waals surface area contributed by atoms with Gasteiger partial charge in [0, 0.05) is 33.1 Å². The third-order valence-corrected chi connectivity index (χ3v) is 4.01. The van der Waals surface area contributed by atoms with E-state index >= 15 is 0 Å². The molecule has 1 heterocycles. The van der Waals surface area contributed by atoms with Gasteiger partial charge in [-0.15, -0.1) is 0 Å². The maximum Gasteiger partial charge on any atom is 0.222 e. The highest BCUT2D eigenvalue weighted by Crippen LogP contribution is 2.17. The Hall–Kier alpha value is -0.610. The van der Waals surface area contributed by atoms with Crippen molar-refractivity contribution >= 4 is 5.91 Å². The van der Waals surface area contributed by atoms with E-state index in [0.717, 1.165) is 26.1 Å². The van der Waals surface area contributed by atoms with Crippen LogP contribution < -0.4 is 5.32 Å². The molecule has 2 atom stereocenters. The molecule has 0 spiro atoms. The predicted molar refractivity (Wildman–Crippen MR) is 80.2 cm³/mol. The lowest BCUT2D eigenvalue weighted by Gasteiger charge is -2.37. The Balaban J connectivity index is 2.19. The SMILES string of the molecule is CCCNC1CCN(CCCC(=O)N(C)C)CC1C. The monoisotopic (exact) mass is 269 g/mol. The predicted octanol–water partition coefficient (Wildman–Crippen LogP) is 1.56. The van der Waals surface area contributed by atoms with E-state index in [1.54, 1.807) is 4.90 Å². The van der Waals surface area contributed by atoms with Crippen LogP contribution in [-0.4, -0.2) is 62.0 Å². The molecule has 0 aliphatic carbocycles. The standard InChI is InChI=1S/C15H31N3O/c1-5-9-16-14-8-11-18(12-13(14)2)10-6-7-15(19)17(3)4/h13-14,16H,5-12H2,1-4H3. The number of carbonyl (C=O) groups excluding carboxylic acids is 1. The van der Waals surface area contributed by atoms with E-state index in [9.17, 15) is 4.79 Å². The van der Waals surface area contributed by atoms with E-state index in [0.29, 0.717) is 18.4 Å². The summed E-state index contributed by atoms with van der Waals surface area (Å²) in [6, 6.07) is 0.680. The van der Waals surface area contributed by atoms with Crippen molar-refractivity contribution in [2.45, 2.75) is 45.6 Å². The van der Waals surface area contributed by atoms with Gasteiger partial charge in [-0.25, -0.2) is 0 Å². The Morgan fingerprint density at radius 2 is 2.16 bits per heavy atom. The summed E-state index contributed by atoms with van der Waals surface area (Å²) in [7, 11) is 3.66. The highest BCUT2D eigenvalue weighted by molar-refractivity contribution is 5.75. The van der Waals surface area contributed by atoms with E-state index in [1.165, 1.54) is 19.4 Å². The summed E-state index contributed by atoms with van der Waals surface area (Å²) in [5, 5.41) is 3.64. The molecule has 1 amide bonds. The molecule has 0 aromatic carbocycles. The van der Waals surface area contributed by atoms with Gasteiger partial charge in [-0.2, -0.15) is 0 Å². The number of rotatable bonds is 7. The second-order valence-corrected chi connectivity index (χ2v) is 6.02. The van der Waals surface area contributed by atoms with Crippen molar-refractivity contribution in [3.8, 4) is 0 Å². The zero-order chi connectivity index (χ0) is 14.3. The maximum atomic E-state index is 11.5. The number of nitrogens with zero attached hydrogens (tertiary/aromatic N) is 2. The molecule has 1 saturated heterocycles. The van der Waals surface area contributed by atoms with Crippen LogP contribution >= 0.6 is 0 Å². The Morgan fingerprint density at radius 1 is 1.42 bits per heavy atom. The average Bonchev–Trinajstić information content (AvgIpc) is 2.37. The average molecular weight is 269 g/mol. The van der Waals surface area contributed by atoms with Gasteiger partial charge in [-0.1, -0.05) is 13.8 Å². The molecule has 19 heavy (non-hydrogen) atoms. The fraction of sp³-hybridized carbons (Fsp3) is 0.933. The third-order valence-electron chi connectivity index (χ3n) is 4.01. The molecule has 0 radical (unpaired) electrons. The molecular weight excluding hydrogens is 238 g/mol. The van der Waals surface area contributed by atoms with Gasteiger partial charge >= 0.3 is 0 Å². The van der Waals surface area contributed by atoms with Gasteiger partial charge in [0.2, 0.25) is 5.91 Å². The highest BCUT2D eigenvalue weighted by atomic mass is 16.2. The largest absolute Gasteiger partial charge is 0.349 e. The molecule has 112 valence electrons. The smallest absolute Gasteiger partial charge is 0.222 e. The molecule has 0 aromatic rings. The first kappa shape index (κ1) is 16.4. The quantitative estimate of drug-likeness (QED) is 0.762. The van der Waals surface area contributed by atoms with Crippen molar-refractivity contribution < 1.29 is 4.79 Å². The minimum Gasteiger partial charge on any atom is -0.349 e. The zero-order valence-electron chi connectivity index (χ0n) is 13.1. The molecule has 0 bridgehead atoms. The Bertz CT molecular complexity index is 268. The number of carbonyl (C=O) groups is 1. The van der Waals surface area contributed by atoms with Crippen LogP contribution in [0.2, 0.25) is 0 Å². The van der Waals surface area contributed by atoms with Crippen molar-refractivity contribution in [2.75, 3.05) is 40.3 Å². The van der Waals surface area contributed by atoms with Gasteiger partial charge in [0.1, 0.15) is 0 Å².